The topological polar surface area (TPSA) is 26.0 Å². The molecule has 0 aromatic carbocycles. The van der Waals surface area contributed by atoms with E-state index in [0.29, 0.717) is 11.0 Å². The van der Waals surface area contributed by atoms with Crippen LogP contribution in [0.3, 0.4) is 0 Å². The SMILES string of the molecule is CC[C@]12CCC[C@@]1(N)C2. The monoisotopic (exact) mass is 125 g/mol. The van der Waals surface area contributed by atoms with Crippen LogP contribution in [0.2, 0.25) is 0 Å². The normalized spacial score (nSPS) is 55.3. The van der Waals surface area contributed by atoms with Gasteiger partial charge in [-0.25, -0.2) is 0 Å². The van der Waals surface area contributed by atoms with Gasteiger partial charge in [0.2, 0.25) is 0 Å². The lowest BCUT2D eigenvalue weighted by Crippen LogP contribution is -2.25. The lowest BCUT2D eigenvalue weighted by atomic mass is 9.99. The smallest absolute Gasteiger partial charge is 0.0217 e. The van der Waals surface area contributed by atoms with Gasteiger partial charge in [0.05, 0.1) is 0 Å². The van der Waals surface area contributed by atoms with Crippen molar-refractivity contribution >= 4 is 0 Å². The van der Waals surface area contributed by atoms with Gasteiger partial charge in [-0.15, -0.1) is 0 Å². The maximum atomic E-state index is 6.10. The summed E-state index contributed by atoms with van der Waals surface area (Å²) >= 11 is 0. The molecule has 0 heterocycles. The fourth-order valence-corrected chi connectivity index (χ4v) is 2.65. The molecule has 0 aromatic heterocycles. The summed E-state index contributed by atoms with van der Waals surface area (Å²) in [6.07, 6.45) is 6.70. The van der Waals surface area contributed by atoms with Crippen LogP contribution in [0.25, 0.3) is 0 Å². The van der Waals surface area contributed by atoms with Gasteiger partial charge in [0.15, 0.2) is 0 Å². The van der Waals surface area contributed by atoms with Crippen molar-refractivity contribution in [2.45, 2.75) is 44.6 Å². The van der Waals surface area contributed by atoms with E-state index in [9.17, 15) is 0 Å². The van der Waals surface area contributed by atoms with E-state index in [1.54, 1.807) is 0 Å². The Balaban J connectivity index is 2.19. The van der Waals surface area contributed by atoms with Crippen LogP contribution in [-0.2, 0) is 0 Å². The average Bonchev–Trinajstić information content (AvgIpc) is 2.29. The zero-order chi connectivity index (χ0) is 6.54. The summed E-state index contributed by atoms with van der Waals surface area (Å²) in [4.78, 5) is 0. The molecule has 2 aliphatic rings. The number of fused-ring (bicyclic) bond motifs is 1. The minimum Gasteiger partial charge on any atom is -0.325 e. The van der Waals surface area contributed by atoms with Crippen LogP contribution in [0.15, 0.2) is 0 Å². The lowest BCUT2D eigenvalue weighted by molar-refractivity contribution is 0.447. The first-order valence-electron chi connectivity index (χ1n) is 4.01. The zero-order valence-electron chi connectivity index (χ0n) is 6.11. The van der Waals surface area contributed by atoms with Gasteiger partial charge in [0.25, 0.3) is 0 Å². The fraction of sp³-hybridized carbons (Fsp3) is 1.00. The van der Waals surface area contributed by atoms with Crippen LogP contribution >= 0.6 is 0 Å². The van der Waals surface area contributed by atoms with Crippen molar-refractivity contribution in [3.05, 3.63) is 0 Å². The van der Waals surface area contributed by atoms with Gasteiger partial charge in [0.1, 0.15) is 0 Å². The number of nitrogens with two attached hydrogens (primary N) is 1. The van der Waals surface area contributed by atoms with E-state index in [0.717, 1.165) is 0 Å². The van der Waals surface area contributed by atoms with Gasteiger partial charge < -0.3 is 5.73 Å². The van der Waals surface area contributed by atoms with Crippen molar-refractivity contribution in [3.8, 4) is 0 Å². The second kappa shape index (κ2) is 1.34. The van der Waals surface area contributed by atoms with Crippen molar-refractivity contribution in [2.24, 2.45) is 11.1 Å². The second-order valence-electron chi connectivity index (χ2n) is 3.82. The molecular formula is C8H15N. The van der Waals surface area contributed by atoms with Crippen molar-refractivity contribution in [1.82, 2.24) is 0 Å². The summed E-state index contributed by atoms with van der Waals surface area (Å²) in [5, 5.41) is 0. The largest absolute Gasteiger partial charge is 0.325 e. The Kier molecular flexibility index (Phi) is 0.852. The third-order valence-corrected chi connectivity index (χ3v) is 3.54. The molecule has 0 amide bonds. The summed E-state index contributed by atoms with van der Waals surface area (Å²) in [5.74, 6) is 0. The van der Waals surface area contributed by atoms with Gasteiger partial charge in [-0.3, -0.25) is 0 Å². The molecule has 2 N–H and O–H groups in total. The molecule has 2 fully saturated rings. The van der Waals surface area contributed by atoms with Gasteiger partial charge in [-0.2, -0.15) is 0 Å². The van der Waals surface area contributed by atoms with Gasteiger partial charge in [-0.05, 0) is 31.1 Å². The van der Waals surface area contributed by atoms with E-state index >= 15 is 0 Å². The Labute approximate surface area is 56.6 Å². The summed E-state index contributed by atoms with van der Waals surface area (Å²) < 4.78 is 0. The van der Waals surface area contributed by atoms with Crippen molar-refractivity contribution < 1.29 is 0 Å². The zero-order valence-corrected chi connectivity index (χ0v) is 6.11. The van der Waals surface area contributed by atoms with Crippen LogP contribution in [0.1, 0.15) is 39.0 Å². The Morgan fingerprint density at radius 3 is 2.44 bits per heavy atom. The number of hydrogen-bond acceptors (Lipinski definition) is 1. The maximum Gasteiger partial charge on any atom is 0.0217 e. The Morgan fingerprint density at radius 2 is 2.22 bits per heavy atom. The first-order valence-corrected chi connectivity index (χ1v) is 4.01. The summed E-state index contributed by atoms with van der Waals surface area (Å²) in [7, 11) is 0. The molecule has 0 bridgehead atoms. The molecule has 0 saturated heterocycles. The predicted molar refractivity (Wildman–Crippen MR) is 38.1 cm³/mol. The van der Waals surface area contributed by atoms with E-state index < -0.39 is 0 Å². The van der Waals surface area contributed by atoms with Crippen LogP contribution in [-0.4, -0.2) is 5.54 Å². The van der Waals surface area contributed by atoms with Gasteiger partial charge in [-0.1, -0.05) is 13.3 Å². The number of hydrogen-bond donors (Lipinski definition) is 1. The standard InChI is InChI=1S/C8H15N/c1-2-7-4-3-5-8(7,9)6-7/h2-6,9H2,1H3/t7-,8-/m1/s1. The molecule has 0 aliphatic heterocycles. The minimum absolute atomic E-state index is 0.307. The van der Waals surface area contributed by atoms with E-state index in [4.69, 9.17) is 5.73 Å². The van der Waals surface area contributed by atoms with Crippen LogP contribution < -0.4 is 5.73 Å². The van der Waals surface area contributed by atoms with Gasteiger partial charge in [0, 0.05) is 5.54 Å². The first-order chi connectivity index (χ1) is 4.22. The lowest BCUT2D eigenvalue weighted by Gasteiger charge is -2.09. The van der Waals surface area contributed by atoms with Crippen molar-refractivity contribution in [1.29, 1.82) is 0 Å². The summed E-state index contributed by atoms with van der Waals surface area (Å²) in [5.41, 5.74) is 7.02. The third kappa shape index (κ3) is 0.493. The highest BCUT2D eigenvalue weighted by Gasteiger charge is 2.65. The Hall–Kier alpha value is -0.0400. The molecule has 0 aromatic rings. The molecule has 2 saturated carbocycles. The quantitative estimate of drug-likeness (QED) is 0.566. The van der Waals surface area contributed by atoms with E-state index in [2.05, 4.69) is 6.92 Å². The molecule has 0 unspecified atom stereocenters. The Bertz CT molecular complexity index is 140. The molecular weight excluding hydrogens is 110 g/mol. The van der Waals surface area contributed by atoms with E-state index in [-0.39, 0.29) is 0 Å². The molecule has 2 atom stereocenters. The van der Waals surface area contributed by atoms with Crippen LogP contribution in [0, 0.1) is 5.41 Å². The van der Waals surface area contributed by atoms with Crippen molar-refractivity contribution in [3.63, 3.8) is 0 Å². The molecule has 1 nitrogen and oxygen atoms in total. The summed E-state index contributed by atoms with van der Waals surface area (Å²) in [6, 6.07) is 0. The average molecular weight is 125 g/mol. The highest BCUT2D eigenvalue weighted by atomic mass is 14.9. The molecule has 2 aliphatic carbocycles. The molecule has 1 heteroatoms. The van der Waals surface area contributed by atoms with E-state index in [1.807, 2.05) is 0 Å². The van der Waals surface area contributed by atoms with E-state index in [1.165, 1.54) is 32.1 Å². The summed E-state index contributed by atoms with van der Waals surface area (Å²) in [6.45, 7) is 2.28. The third-order valence-electron chi connectivity index (χ3n) is 3.54. The minimum atomic E-state index is 0.307. The second-order valence-corrected chi connectivity index (χ2v) is 3.82. The fourth-order valence-electron chi connectivity index (χ4n) is 2.65. The molecule has 9 heavy (non-hydrogen) atoms. The van der Waals surface area contributed by atoms with Crippen LogP contribution in [0.4, 0.5) is 0 Å². The number of rotatable bonds is 1. The van der Waals surface area contributed by atoms with Gasteiger partial charge >= 0.3 is 0 Å². The maximum absolute atomic E-state index is 6.10. The first kappa shape index (κ1) is 5.72. The molecule has 2 rings (SSSR count). The van der Waals surface area contributed by atoms with Crippen molar-refractivity contribution in [2.75, 3.05) is 0 Å². The van der Waals surface area contributed by atoms with Crippen LogP contribution in [0.5, 0.6) is 0 Å². The molecule has 0 spiro atoms. The highest BCUT2D eigenvalue weighted by molar-refractivity contribution is 5.22. The Morgan fingerprint density at radius 1 is 1.44 bits per heavy atom. The molecule has 0 radical (unpaired) electrons. The highest BCUT2D eigenvalue weighted by Crippen LogP contribution is 2.66. The predicted octanol–water partition coefficient (Wildman–Crippen LogP) is 1.67. The molecule has 52 valence electrons.